The number of halogens is 2. The van der Waals surface area contributed by atoms with E-state index in [1.807, 2.05) is 0 Å². The van der Waals surface area contributed by atoms with Crippen LogP contribution < -0.4 is 5.32 Å². The molecule has 0 aliphatic rings. The number of rotatable bonds is 4. The van der Waals surface area contributed by atoms with E-state index in [1.165, 1.54) is 7.11 Å². The number of esters is 1. The maximum Gasteiger partial charge on any atom is 0.307 e. The second-order valence-corrected chi connectivity index (χ2v) is 3.78. The van der Waals surface area contributed by atoms with Gasteiger partial charge in [0.1, 0.15) is 0 Å². The van der Waals surface area contributed by atoms with Gasteiger partial charge in [0.15, 0.2) is 0 Å². The summed E-state index contributed by atoms with van der Waals surface area (Å²) in [5.74, 6) is -0.254. The van der Waals surface area contributed by atoms with Gasteiger partial charge in [-0.3, -0.25) is 4.79 Å². The standard InChI is InChI=1S/C10H11Cl2NO2/c1-15-10(14)2-3-13-9-5-7(11)4-8(12)6-9/h4-6,13H,2-3H2,1H3. The van der Waals surface area contributed by atoms with Crippen molar-refractivity contribution in [3.63, 3.8) is 0 Å². The number of carbonyl (C=O) groups excluding carboxylic acids is 1. The van der Waals surface area contributed by atoms with Gasteiger partial charge in [-0.05, 0) is 18.2 Å². The van der Waals surface area contributed by atoms with Crippen LogP contribution in [0, 0.1) is 0 Å². The predicted molar refractivity (Wildman–Crippen MR) is 61.6 cm³/mol. The van der Waals surface area contributed by atoms with Crippen molar-refractivity contribution in [2.75, 3.05) is 19.0 Å². The van der Waals surface area contributed by atoms with E-state index in [0.29, 0.717) is 23.0 Å². The van der Waals surface area contributed by atoms with E-state index in [9.17, 15) is 4.79 Å². The Morgan fingerprint density at radius 2 is 1.93 bits per heavy atom. The molecule has 1 rings (SSSR count). The minimum absolute atomic E-state index is 0.254. The van der Waals surface area contributed by atoms with Crippen LogP contribution in [0.4, 0.5) is 5.69 Å². The van der Waals surface area contributed by atoms with Gasteiger partial charge in [-0.1, -0.05) is 23.2 Å². The average molecular weight is 248 g/mol. The Morgan fingerprint density at radius 1 is 1.33 bits per heavy atom. The van der Waals surface area contributed by atoms with Crippen LogP contribution in [0.1, 0.15) is 6.42 Å². The second-order valence-electron chi connectivity index (χ2n) is 2.91. The highest BCUT2D eigenvalue weighted by Gasteiger charge is 2.01. The summed E-state index contributed by atoms with van der Waals surface area (Å²) in [7, 11) is 1.36. The van der Waals surface area contributed by atoms with E-state index < -0.39 is 0 Å². The molecule has 82 valence electrons. The van der Waals surface area contributed by atoms with Crippen molar-refractivity contribution in [2.45, 2.75) is 6.42 Å². The number of hydrogen-bond acceptors (Lipinski definition) is 3. The summed E-state index contributed by atoms with van der Waals surface area (Å²) in [6.45, 7) is 0.489. The molecule has 0 atom stereocenters. The molecule has 15 heavy (non-hydrogen) atoms. The third-order valence-corrected chi connectivity index (χ3v) is 2.18. The molecule has 0 aromatic heterocycles. The Morgan fingerprint density at radius 3 is 2.47 bits per heavy atom. The van der Waals surface area contributed by atoms with Gasteiger partial charge in [-0.15, -0.1) is 0 Å². The highest BCUT2D eigenvalue weighted by Crippen LogP contribution is 2.22. The zero-order valence-electron chi connectivity index (χ0n) is 8.22. The van der Waals surface area contributed by atoms with Crippen LogP contribution in [-0.2, 0) is 9.53 Å². The van der Waals surface area contributed by atoms with Crippen molar-refractivity contribution in [3.05, 3.63) is 28.2 Å². The Balaban J connectivity index is 2.47. The van der Waals surface area contributed by atoms with Crippen LogP contribution in [0.2, 0.25) is 10.0 Å². The van der Waals surface area contributed by atoms with Crippen molar-refractivity contribution in [1.29, 1.82) is 0 Å². The molecule has 0 aliphatic carbocycles. The van der Waals surface area contributed by atoms with Crippen LogP contribution >= 0.6 is 23.2 Å². The fourth-order valence-electron chi connectivity index (χ4n) is 1.07. The number of benzene rings is 1. The Kier molecular flexibility index (Phi) is 4.72. The topological polar surface area (TPSA) is 38.3 Å². The molecular formula is C10H11Cl2NO2. The summed E-state index contributed by atoms with van der Waals surface area (Å²) in [5, 5.41) is 4.14. The van der Waals surface area contributed by atoms with Crippen molar-refractivity contribution >= 4 is 34.9 Å². The molecular weight excluding hydrogens is 237 g/mol. The van der Waals surface area contributed by atoms with Gasteiger partial charge in [0, 0.05) is 22.3 Å². The minimum atomic E-state index is -0.254. The molecule has 0 unspecified atom stereocenters. The summed E-state index contributed by atoms with van der Waals surface area (Å²) in [6.07, 6.45) is 0.306. The lowest BCUT2D eigenvalue weighted by Gasteiger charge is -2.06. The van der Waals surface area contributed by atoms with Gasteiger partial charge in [0.05, 0.1) is 13.5 Å². The van der Waals surface area contributed by atoms with E-state index in [1.54, 1.807) is 18.2 Å². The zero-order valence-corrected chi connectivity index (χ0v) is 9.73. The first-order valence-electron chi connectivity index (χ1n) is 4.38. The van der Waals surface area contributed by atoms with Crippen LogP contribution in [0.5, 0.6) is 0 Å². The highest BCUT2D eigenvalue weighted by atomic mass is 35.5. The second kappa shape index (κ2) is 5.83. The van der Waals surface area contributed by atoms with Gasteiger partial charge < -0.3 is 10.1 Å². The number of anilines is 1. The molecule has 0 radical (unpaired) electrons. The Labute approximate surface area is 98.3 Å². The first-order chi connectivity index (χ1) is 7.11. The molecule has 0 fully saturated rings. The van der Waals surface area contributed by atoms with Gasteiger partial charge in [0.2, 0.25) is 0 Å². The van der Waals surface area contributed by atoms with Crippen LogP contribution in [0.3, 0.4) is 0 Å². The molecule has 0 saturated carbocycles. The average Bonchev–Trinajstić information content (AvgIpc) is 2.16. The molecule has 3 nitrogen and oxygen atoms in total. The molecule has 1 aromatic carbocycles. The summed E-state index contributed by atoms with van der Waals surface area (Å²) in [4.78, 5) is 10.8. The van der Waals surface area contributed by atoms with E-state index >= 15 is 0 Å². The van der Waals surface area contributed by atoms with Gasteiger partial charge in [-0.2, -0.15) is 0 Å². The summed E-state index contributed by atoms with van der Waals surface area (Å²) < 4.78 is 4.50. The number of carbonyl (C=O) groups is 1. The van der Waals surface area contributed by atoms with E-state index in [-0.39, 0.29) is 5.97 Å². The molecule has 1 aromatic rings. The molecule has 0 amide bonds. The van der Waals surface area contributed by atoms with Crippen LogP contribution in [-0.4, -0.2) is 19.6 Å². The van der Waals surface area contributed by atoms with E-state index in [0.717, 1.165) is 5.69 Å². The number of methoxy groups -OCH3 is 1. The fraction of sp³-hybridized carbons (Fsp3) is 0.300. The van der Waals surface area contributed by atoms with Crippen molar-refractivity contribution in [2.24, 2.45) is 0 Å². The SMILES string of the molecule is COC(=O)CCNc1cc(Cl)cc(Cl)c1. The highest BCUT2D eigenvalue weighted by molar-refractivity contribution is 6.35. The number of nitrogens with one attached hydrogen (secondary N) is 1. The van der Waals surface area contributed by atoms with Crippen molar-refractivity contribution in [3.8, 4) is 0 Å². The van der Waals surface area contributed by atoms with Crippen molar-refractivity contribution < 1.29 is 9.53 Å². The molecule has 5 heteroatoms. The van der Waals surface area contributed by atoms with Crippen LogP contribution in [0.15, 0.2) is 18.2 Å². The van der Waals surface area contributed by atoms with E-state index in [4.69, 9.17) is 23.2 Å². The first-order valence-corrected chi connectivity index (χ1v) is 5.14. The molecule has 1 N–H and O–H groups in total. The number of hydrogen-bond donors (Lipinski definition) is 1. The van der Waals surface area contributed by atoms with Crippen molar-refractivity contribution in [1.82, 2.24) is 0 Å². The predicted octanol–water partition coefficient (Wildman–Crippen LogP) is 2.97. The largest absolute Gasteiger partial charge is 0.469 e. The third-order valence-electron chi connectivity index (χ3n) is 1.75. The molecule has 0 saturated heterocycles. The molecule has 0 aliphatic heterocycles. The Hall–Kier alpha value is -0.930. The lowest BCUT2D eigenvalue weighted by molar-refractivity contribution is -0.140. The Bertz CT molecular complexity index is 335. The maximum absolute atomic E-state index is 10.8. The van der Waals surface area contributed by atoms with Gasteiger partial charge in [-0.25, -0.2) is 0 Å². The van der Waals surface area contributed by atoms with Gasteiger partial charge in [0.25, 0.3) is 0 Å². The smallest absolute Gasteiger partial charge is 0.307 e. The first kappa shape index (κ1) is 12.1. The third kappa shape index (κ3) is 4.40. The summed E-state index contributed by atoms with van der Waals surface area (Å²) >= 11 is 11.6. The normalized spacial score (nSPS) is 9.80. The fourth-order valence-corrected chi connectivity index (χ4v) is 1.59. The molecule has 0 bridgehead atoms. The maximum atomic E-state index is 10.8. The lowest BCUT2D eigenvalue weighted by atomic mass is 10.3. The summed E-state index contributed by atoms with van der Waals surface area (Å²) in [6, 6.07) is 5.13. The number of ether oxygens (including phenoxy) is 1. The van der Waals surface area contributed by atoms with Crippen LogP contribution in [0.25, 0.3) is 0 Å². The van der Waals surface area contributed by atoms with E-state index in [2.05, 4.69) is 10.1 Å². The minimum Gasteiger partial charge on any atom is -0.469 e. The molecule has 0 heterocycles. The van der Waals surface area contributed by atoms with Gasteiger partial charge >= 0.3 is 5.97 Å². The lowest BCUT2D eigenvalue weighted by Crippen LogP contribution is -2.09. The summed E-state index contributed by atoms with van der Waals surface area (Å²) in [5.41, 5.74) is 0.788. The zero-order chi connectivity index (χ0) is 11.3. The quantitative estimate of drug-likeness (QED) is 0.832. The monoisotopic (exact) mass is 247 g/mol. The molecule has 0 spiro atoms.